The average molecular weight is 265 g/mol. The van der Waals surface area contributed by atoms with E-state index in [0.29, 0.717) is 12.6 Å². The summed E-state index contributed by atoms with van der Waals surface area (Å²) < 4.78 is 11.5. The number of rotatable bonds is 8. The van der Waals surface area contributed by atoms with E-state index in [2.05, 4.69) is 32.2 Å². The zero-order valence-corrected chi connectivity index (χ0v) is 12.5. The van der Waals surface area contributed by atoms with E-state index in [9.17, 15) is 0 Å². The van der Waals surface area contributed by atoms with Crippen LogP contribution in [-0.2, 0) is 17.9 Å². The maximum Gasteiger partial charge on any atom is 0.130 e. The molecule has 1 aromatic heterocycles. The van der Waals surface area contributed by atoms with Crippen molar-refractivity contribution in [2.75, 3.05) is 6.61 Å². The fourth-order valence-electron chi connectivity index (χ4n) is 2.34. The lowest BCUT2D eigenvalue weighted by molar-refractivity contribution is 0.0828. The van der Waals surface area contributed by atoms with Gasteiger partial charge >= 0.3 is 0 Å². The monoisotopic (exact) mass is 265 g/mol. The van der Waals surface area contributed by atoms with E-state index in [0.717, 1.165) is 30.6 Å². The maximum atomic E-state index is 5.82. The number of furan rings is 1. The molecular formula is C16H27NO2. The summed E-state index contributed by atoms with van der Waals surface area (Å²) in [6, 6.07) is 2.58. The molecule has 0 radical (unpaired) electrons. The molecule has 1 aromatic rings. The highest BCUT2D eigenvalue weighted by Crippen LogP contribution is 2.29. The standard InChI is InChI=1S/C16H27NO2/c1-12(2)17-10-16-13(3)9-15(19-16)11-18-8-7-14-5-4-6-14/h9,12,14,17H,4-8,10-11H2,1-3H3. The third-order valence-electron chi connectivity index (χ3n) is 3.88. The van der Waals surface area contributed by atoms with Gasteiger partial charge in [-0.3, -0.25) is 0 Å². The van der Waals surface area contributed by atoms with E-state index in [4.69, 9.17) is 9.15 Å². The Morgan fingerprint density at radius 1 is 1.42 bits per heavy atom. The van der Waals surface area contributed by atoms with Crippen molar-refractivity contribution < 1.29 is 9.15 Å². The Bertz CT molecular complexity index is 380. The molecule has 1 heterocycles. The maximum absolute atomic E-state index is 5.82. The molecule has 0 aliphatic heterocycles. The third kappa shape index (κ3) is 4.66. The average Bonchev–Trinajstić information content (AvgIpc) is 2.64. The van der Waals surface area contributed by atoms with E-state index in [1.807, 2.05) is 0 Å². The molecule has 1 N–H and O–H groups in total. The summed E-state index contributed by atoms with van der Waals surface area (Å²) in [4.78, 5) is 0. The summed E-state index contributed by atoms with van der Waals surface area (Å²) in [7, 11) is 0. The SMILES string of the molecule is Cc1cc(COCCC2CCC2)oc1CNC(C)C. The van der Waals surface area contributed by atoms with E-state index in [-0.39, 0.29) is 0 Å². The Balaban J connectivity index is 1.69. The first-order valence-electron chi connectivity index (χ1n) is 7.54. The van der Waals surface area contributed by atoms with Crippen LogP contribution in [0.4, 0.5) is 0 Å². The number of nitrogens with one attached hydrogen (secondary N) is 1. The summed E-state index contributed by atoms with van der Waals surface area (Å²) in [5.41, 5.74) is 1.21. The molecule has 0 bridgehead atoms. The van der Waals surface area contributed by atoms with Crippen LogP contribution in [0, 0.1) is 12.8 Å². The number of hydrogen-bond donors (Lipinski definition) is 1. The van der Waals surface area contributed by atoms with Crippen LogP contribution in [-0.4, -0.2) is 12.6 Å². The molecule has 19 heavy (non-hydrogen) atoms. The molecule has 0 spiro atoms. The molecule has 0 saturated heterocycles. The zero-order chi connectivity index (χ0) is 13.7. The first-order valence-corrected chi connectivity index (χ1v) is 7.54. The van der Waals surface area contributed by atoms with Crippen molar-refractivity contribution in [2.24, 2.45) is 5.92 Å². The predicted molar refractivity (Wildman–Crippen MR) is 77.0 cm³/mol. The molecule has 1 fully saturated rings. The van der Waals surface area contributed by atoms with Crippen LogP contribution in [0.2, 0.25) is 0 Å². The lowest BCUT2D eigenvalue weighted by Crippen LogP contribution is -2.21. The molecule has 108 valence electrons. The summed E-state index contributed by atoms with van der Waals surface area (Å²) in [5.74, 6) is 2.90. The first kappa shape index (κ1) is 14.6. The van der Waals surface area contributed by atoms with Crippen molar-refractivity contribution in [1.82, 2.24) is 5.32 Å². The second kappa shape index (κ2) is 7.11. The topological polar surface area (TPSA) is 34.4 Å². The van der Waals surface area contributed by atoms with Crippen molar-refractivity contribution in [3.05, 3.63) is 23.2 Å². The van der Waals surface area contributed by atoms with Gasteiger partial charge in [-0.05, 0) is 30.9 Å². The largest absolute Gasteiger partial charge is 0.462 e. The highest BCUT2D eigenvalue weighted by Gasteiger charge is 2.16. The molecule has 3 nitrogen and oxygen atoms in total. The lowest BCUT2D eigenvalue weighted by Gasteiger charge is -2.24. The van der Waals surface area contributed by atoms with Gasteiger partial charge in [0, 0.05) is 12.6 Å². The van der Waals surface area contributed by atoms with Crippen LogP contribution in [0.3, 0.4) is 0 Å². The Labute approximate surface area is 116 Å². The van der Waals surface area contributed by atoms with Crippen molar-refractivity contribution in [1.29, 1.82) is 0 Å². The smallest absolute Gasteiger partial charge is 0.130 e. The molecule has 1 aliphatic rings. The second-order valence-corrected chi connectivity index (χ2v) is 5.99. The van der Waals surface area contributed by atoms with E-state index in [1.165, 1.54) is 31.2 Å². The van der Waals surface area contributed by atoms with Crippen LogP contribution in [0.1, 0.15) is 56.6 Å². The summed E-state index contributed by atoms with van der Waals surface area (Å²) in [6.07, 6.45) is 5.41. The van der Waals surface area contributed by atoms with Crippen LogP contribution in [0.15, 0.2) is 10.5 Å². The molecule has 2 rings (SSSR count). The Morgan fingerprint density at radius 2 is 2.21 bits per heavy atom. The molecule has 0 aromatic carbocycles. The number of aryl methyl sites for hydroxylation is 1. The summed E-state index contributed by atoms with van der Waals surface area (Å²) in [5, 5.41) is 3.38. The minimum Gasteiger partial charge on any atom is -0.462 e. The van der Waals surface area contributed by atoms with Crippen LogP contribution >= 0.6 is 0 Å². The van der Waals surface area contributed by atoms with Gasteiger partial charge in [0.1, 0.15) is 18.1 Å². The Morgan fingerprint density at radius 3 is 2.84 bits per heavy atom. The number of ether oxygens (including phenoxy) is 1. The van der Waals surface area contributed by atoms with Crippen molar-refractivity contribution in [2.45, 2.75) is 65.6 Å². The fraction of sp³-hybridized carbons (Fsp3) is 0.750. The fourth-order valence-corrected chi connectivity index (χ4v) is 2.34. The van der Waals surface area contributed by atoms with E-state index in [1.54, 1.807) is 0 Å². The quantitative estimate of drug-likeness (QED) is 0.726. The van der Waals surface area contributed by atoms with E-state index >= 15 is 0 Å². The minimum absolute atomic E-state index is 0.478. The first-order chi connectivity index (χ1) is 9.15. The van der Waals surface area contributed by atoms with Gasteiger partial charge in [0.05, 0.1) is 6.54 Å². The molecule has 0 amide bonds. The lowest BCUT2D eigenvalue weighted by atomic mass is 9.83. The molecule has 3 heteroatoms. The minimum atomic E-state index is 0.478. The van der Waals surface area contributed by atoms with Gasteiger partial charge in [0.15, 0.2) is 0 Å². The van der Waals surface area contributed by atoms with Gasteiger partial charge in [0.2, 0.25) is 0 Å². The van der Waals surface area contributed by atoms with Gasteiger partial charge in [-0.2, -0.15) is 0 Å². The summed E-state index contributed by atoms with van der Waals surface area (Å²) in [6.45, 7) is 8.65. The van der Waals surface area contributed by atoms with Crippen LogP contribution in [0.25, 0.3) is 0 Å². The third-order valence-corrected chi connectivity index (χ3v) is 3.88. The predicted octanol–water partition coefficient (Wildman–Crippen LogP) is 3.79. The van der Waals surface area contributed by atoms with E-state index < -0.39 is 0 Å². The molecule has 0 atom stereocenters. The Hall–Kier alpha value is -0.800. The molecule has 0 unspecified atom stereocenters. The van der Waals surface area contributed by atoms with Crippen molar-refractivity contribution in [3.63, 3.8) is 0 Å². The van der Waals surface area contributed by atoms with Crippen molar-refractivity contribution in [3.8, 4) is 0 Å². The number of hydrogen-bond acceptors (Lipinski definition) is 3. The van der Waals surface area contributed by atoms with Crippen LogP contribution in [0.5, 0.6) is 0 Å². The normalized spacial score (nSPS) is 16.0. The van der Waals surface area contributed by atoms with Gasteiger partial charge in [-0.15, -0.1) is 0 Å². The van der Waals surface area contributed by atoms with Gasteiger partial charge < -0.3 is 14.5 Å². The van der Waals surface area contributed by atoms with Crippen LogP contribution < -0.4 is 5.32 Å². The highest BCUT2D eigenvalue weighted by atomic mass is 16.5. The van der Waals surface area contributed by atoms with Gasteiger partial charge in [0.25, 0.3) is 0 Å². The second-order valence-electron chi connectivity index (χ2n) is 5.99. The zero-order valence-electron chi connectivity index (χ0n) is 12.5. The van der Waals surface area contributed by atoms with Crippen molar-refractivity contribution >= 4 is 0 Å². The Kier molecular flexibility index (Phi) is 5.46. The molecule has 1 saturated carbocycles. The van der Waals surface area contributed by atoms with Gasteiger partial charge in [-0.25, -0.2) is 0 Å². The van der Waals surface area contributed by atoms with Gasteiger partial charge in [-0.1, -0.05) is 33.1 Å². The summed E-state index contributed by atoms with van der Waals surface area (Å²) >= 11 is 0. The molecule has 1 aliphatic carbocycles. The highest BCUT2D eigenvalue weighted by molar-refractivity contribution is 5.19. The molecular weight excluding hydrogens is 238 g/mol.